The molecule has 2 aromatic carbocycles. The van der Waals surface area contributed by atoms with Crippen molar-refractivity contribution in [2.45, 2.75) is 40.1 Å². The van der Waals surface area contributed by atoms with Crippen LogP contribution in [0.15, 0.2) is 47.5 Å². The van der Waals surface area contributed by atoms with Gasteiger partial charge in [-0.05, 0) is 45.1 Å². The number of aliphatic imine (C=N–C) groups is 1. The first-order chi connectivity index (χ1) is 14.9. The van der Waals surface area contributed by atoms with Crippen LogP contribution in [-0.4, -0.2) is 44.7 Å². The molecule has 0 bridgehead atoms. The fourth-order valence-electron chi connectivity index (χ4n) is 3.00. The first-order valence-electron chi connectivity index (χ1n) is 10.4. The minimum atomic E-state index is -2.93. The number of alkyl halides is 2. The molecule has 9 heteroatoms. The van der Waals surface area contributed by atoms with E-state index in [-0.39, 0.29) is 36.3 Å². The van der Waals surface area contributed by atoms with Crippen molar-refractivity contribution in [2.75, 3.05) is 27.2 Å². The third-order valence-electron chi connectivity index (χ3n) is 4.30. The highest BCUT2D eigenvalue weighted by molar-refractivity contribution is 14.0. The highest BCUT2D eigenvalue weighted by Gasteiger charge is 2.16. The maximum Gasteiger partial charge on any atom is 0.387 e. The van der Waals surface area contributed by atoms with Gasteiger partial charge in [-0.1, -0.05) is 36.4 Å². The van der Waals surface area contributed by atoms with Gasteiger partial charge < -0.3 is 25.0 Å². The van der Waals surface area contributed by atoms with Crippen LogP contribution in [0.25, 0.3) is 0 Å². The van der Waals surface area contributed by atoms with Gasteiger partial charge in [-0.15, -0.1) is 24.0 Å². The molecule has 0 fully saturated rings. The largest absolute Gasteiger partial charge is 0.490 e. The van der Waals surface area contributed by atoms with Crippen LogP contribution in [0, 0.1) is 0 Å². The highest BCUT2D eigenvalue weighted by Crippen LogP contribution is 2.32. The predicted octanol–water partition coefficient (Wildman–Crippen LogP) is 4.62. The van der Waals surface area contributed by atoms with Crippen molar-refractivity contribution in [3.8, 4) is 11.5 Å². The van der Waals surface area contributed by atoms with E-state index in [0.29, 0.717) is 37.0 Å². The normalized spacial score (nSPS) is 11.3. The first-order valence-corrected chi connectivity index (χ1v) is 10.4. The van der Waals surface area contributed by atoms with Crippen molar-refractivity contribution in [3.63, 3.8) is 0 Å². The number of benzene rings is 2. The third-order valence-corrected chi connectivity index (χ3v) is 4.30. The first kappa shape index (κ1) is 27.9. The summed E-state index contributed by atoms with van der Waals surface area (Å²) in [5.74, 6) is 0.922. The molecule has 0 saturated heterocycles. The molecular formula is C23H33F2IN4O2. The van der Waals surface area contributed by atoms with Gasteiger partial charge in [0.25, 0.3) is 0 Å². The van der Waals surface area contributed by atoms with E-state index >= 15 is 0 Å². The zero-order valence-electron chi connectivity index (χ0n) is 19.0. The average Bonchev–Trinajstić information content (AvgIpc) is 2.72. The summed E-state index contributed by atoms with van der Waals surface area (Å²) in [4.78, 5) is 6.72. The van der Waals surface area contributed by atoms with Gasteiger partial charge in [-0.25, -0.2) is 4.99 Å². The predicted molar refractivity (Wildman–Crippen MR) is 135 cm³/mol. The Morgan fingerprint density at radius 3 is 2.31 bits per heavy atom. The summed E-state index contributed by atoms with van der Waals surface area (Å²) in [5.41, 5.74) is 2.88. The number of halogens is 3. The summed E-state index contributed by atoms with van der Waals surface area (Å²) < 4.78 is 36.0. The zero-order chi connectivity index (χ0) is 22.6. The van der Waals surface area contributed by atoms with Crippen LogP contribution in [0.4, 0.5) is 8.78 Å². The quantitative estimate of drug-likeness (QED) is 0.238. The summed E-state index contributed by atoms with van der Waals surface area (Å²) in [7, 11) is 4.07. The van der Waals surface area contributed by atoms with E-state index in [1.165, 1.54) is 5.56 Å². The number of para-hydroxylation sites is 1. The van der Waals surface area contributed by atoms with Gasteiger partial charge in [0.15, 0.2) is 17.5 Å². The van der Waals surface area contributed by atoms with E-state index in [1.54, 1.807) is 25.1 Å². The maximum atomic E-state index is 12.9. The van der Waals surface area contributed by atoms with Crippen LogP contribution < -0.4 is 20.1 Å². The Morgan fingerprint density at radius 1 is 1.03 bits per heavy atom. The molecular weight excluding hydrogens is 529 g/mol. The Morgan fingerprint density at radius 2 is 1.72 bits per heavy atom. The molecule has 0 amide bonds. The second-order valence-corrected chi connectivity index (χ2v) is 7.16. The highest BCUT2D eigenvalue weighted by atomic mass is 127. The number of ether oxygens (including phenoxy) is 2. The van der Waals surface area contributed by atoms with E-state index in [0.717, 1.165) is 12.1 Å². The van der Waals surface area contributed by atoms with Crippen LogP contribution in [-0.2, 0) is 19.6 Å². The summed E-state index contributed by atoms with van der Waals surface area (Å²) in [6, 6.07) is 13.4. The molecule has 0 aliphatic carbocycles. The molecule has 2 N–H and O–H groups in total. The van der Waals surface area contributed by atoms with Crippen LogP contribution >= 0.6 is 24.0 Å². The summed E-state index contributed by atoms with van der Waals surface area (Å²) in [6.07, 6.45) is 0. The number of nitrogens with zero attached hydrogens (tertiary/aromatic N) is 2. The zero-order valence-corrected chi connectivity index (χ0v) is 21.4. The monoisotopic (exact) mass is 562 g/mol. The number of hydrogen-bond donors (Lipinski definition) is 2. The lowest BCUT2D eigenvalue weighted by Crippen LogP contribution is -2.36. The lowest BCUT2D eigenvalue weighted by Gasteiger charge is -2.17. The van der Waals surface area contributed by atoms with Crippen LogP contribution in [0.3, 0.4) is 0 Å². The van der Waals surface area contributed by atoms with E-state index in [2.05, 4.69) is 44.8 Å². The maximum absolute atomic E-state index is 12.9. The van der Waals surface area contributed by atoms with Crippen molar-refractivity contribution >= 4 is 29.9 Å². The van der Waals surface area contributed by atoms with E-state index in [9.17, 15) is 8.78 Å². The molecule has 0 saturated carbocycles. The number of nitrogens with one attached hydrogen (secondary N) is 2. The Hall–Kier alpha value is -2.14. The molecule has 0 radical (unpaired) electrons. The Kier molecular flexibility index (Phi) is 12.9. The second kappa shape index (κ2) is 14.8. The Balaban J connectivity index is 0.00000512. The van der Waals surface area contributed by atoms with Gasteiger partial charge in [-0.3, -0.25) is 0 Å². The molecule has 0 aliphatic heterocycles. The van der Waals surface area contributed by atoms with Crippen molar-refractivity contribution in [2.24, 2.45) is 4.99 Å². The van der Waals surface area contributed by atoms with Crippen molar-refractivity contribution in [1.29, 1.82) is 0 Å². The molecule has 0 unspecified atom stereocenters. The second-order valence-electron chi connectivity index (χ2n) is 7.16. The van der Waals surface area contributed by atoms with Gasteiger partial charge >= 0.3 is 6.61 Å². The van der Waals surface area contributed by atoms with Crippen molar-refractivity contribution in [1.82, 2.24) is 15.5 Å². The fourth-order valence-corrected chi connectivity index (χ4v) is 3.00. The molecule has 2 aromatic rings. The summed E-state index contributed by atoms with van der Waals surface area (Å²) in [6.45, 7) is 3.50. The lowest BCUT2D eigenvalue weighted by atomic mass is 10.1. The topological polar surface area (TPSA) is 58.1 Å². The van der Waals surface area contributed by atoms with E-state index in [1.807, 2.05) is 21.0 Å². The molecule has 2 rings (SSSR count). The van der Waals surface area contributed by atoms with Gasteiger partial charge in [0, 0.05) is 25.2 Å². The molecule has 6 nitrogen and oxygen atoms in total. The van der Waals surface area contributed by atoms with E-state index < -0.39 is 6.61 Å². The van der Waals surface area contributed by atoms with Crippen molar-refractivity contribution in [3.05, 3.63) is 59.2 Å². The Bertz CT molecular complexity index is 833. The van der Waals surface area contributed by atoms with Gasteiger partial charge in [-0.2, -0.15) is 8.78 Å². The smallest absolute Gasteiger partial charge is 0.387 e. The van der Waals surface area contributed by atoms with Gasteiger partial charge in [0.05, 0.1) is 13.2 Å². The van der Waals surface area contributed by atoms with Crippen LogP contribution in [0.1, 0.15) is 30.5 Å². The summed E-state index contributed by atoms with van der Waals surface area (Å²) >= 11 is 0. The van der Waals surface area contributed by atoms with Crippen molar-refractivity contribution < 1.29 is 18.3 Å². The van der Waals surface area contributed by atoms with E-state index in [4.69, 9.17) is 9.47 Å². The third kappa shape index (κ3) is 9.56. The molecule has 0 atom stereocenters. The summed E-state index contributed by atoms with van der Waals surface area (Å²) in [5, 5.41) is 6.35. The number of hydrogen-bond acceptors (Lipinski definition) is 4. The van der Waals surface area contributed by atoms with Gasteiger partial charge in [0.2, 0.25) is 0 Å². The molecule has 178 valence electrons. The molecule has 0 aliphatic rings. The molecule has 0 heterocycles. The van der Waals surface area contributed by atoms with Gasteiger partial charge in [0.1, 0.15) is 0 Å². The lowest BCUT2D eigenvalue weighted by molar-refractivity contribution is -0.0520. The van der Waals surface area contributed by atoms with Crippen LogP contribution in [0.2, 0.25) is 0 Å². The number of guanidine groups is 1. The molecule has 32 heavy (non-hydrogen) atoms. The standard InChI is InChI=1S/C23H32F2N4O2.HI/c1-5-26-23(27-14-17-10-12-18(13-11-17)16-29(3)4)28-15-19-8-7-9-20(30-6-2)21(19)31-22(24)25;/h7-13,22H,5-6,14-16H2,1-4H3,(H2,26,27,28);1H. The minimum absolute atomic E-state index is 0. The average molecular weight is 562 g/mol. The van der Waals surface area contributed by atoms with Crippen LogP contribution in [0.5, 0.6) is 11.5 Å². The molecule has 0 aromatic heterocycles. The fraction of sp³-hybridized carbons (Fsp3) is 0.435. The SMILES string of the molecule is CCNC(=NCc1ccc(CN(C)C)cc1)NCc1cccc(OCC)c1OC(F)F.I. The Labute approximate surface area is 206 Å². The molecule has 0 spiro atoms. The minimum Gasteiger partial charge on any atom is -0.490 e. The number of rotatable bonds is 11.